The van der Waals surface area contributed by atoms with Gasteiger partial charge in [-0.2, -0.15) is 0 Å². The normalized spacial score (nSPS) is 11.2. The first kappa shape index (κ1) is 16.8. The molecule has 1 amide bonds. The van der Waals surface area contributed by atoms with E-state index >= 15 is 0 Å². The Morgan fingerprint density at radius 2 is 2.05 bits per heavy atom. The van der Waals surface area contributed by atoms with E-state index in [0.717, 1.165) is 0 Å². The Kier molecular flexibility index (Phi) is 7.03. The first-order chi connectivity index (χ1) is 10.1. The van der Waals surface area contributed by atoms with E-state index < -0.39 is 0 Å². The van der Waals surface area contributed by atoms with Crippen molar-refractivity contribution in [2.75, 3.05) is 33.9 Å². The summed E-state index contributed by atoms with van der Waals surface area (Å²) in [5.74, 6) is 0.397. The lowest BCUT2D eigenvalue weighted by Gasteiger charge is -2.23. The van der Waals surface area contributed by atoms with Crippen molar-refractivity contribution in [3.05, 3.63) is 29.8 Å². The molecule has 7 heteroatoms. The molecule has 0 aliphatic rings. The number of nitrogens with two attached hydrogens (primary N) is 1. The van der Waals surface area contributed by atoms with Crippen LogP contribution >= 0.6 is 0 Å². The maximum Gasteiger partial charge on any atom is 0.257 e. The fourth-order valence-electron chi connectivity index (χ4n) is 1.81. The van der Waals surface area contributed by atoms with Gasteiger partial charge in [0.15, 0.2) is 0 Å². The lowest BCUT2D eigenvalue weighted by Crippen LogP contribution is -2.36. The minimum atomic E-state index is -0.185. The van der Waals surface area contributed by atoms with Gasteiger partial charge in [-0.1, -0.05) is 17.3 Å². The molecule has 0 aliphatic heterocycles. The average Bonchev–Trinajstić information content (AvgIpc) is 2.53. The highest BCUT2D eigenvalue weighted by Gasteiger charge is 2.19. The summed E-state index contributed by atoms with van der Waals surface area (Å²) in [6.45, 7) is 1.14. The van der Waals surface area contributed by atoms with Crippen molar-refractivity contribution >= 4 is 11.7 Å². The molecule has 7 nitrogen and oxygen atoms in total. The van der Waals surface area contributed by atoms with Crippen LogP contribution in [0.1, 0.15) is 16.8 Å². The van der Waals surface area contributed by atoms with E-state index in [1.807, 2.05) is 0 Å². The van der Waals surface area contributed by atoms with Crippen molar-refractivity contribution in [2.24, 2.45) is 10.9 Å². The Labute approximate surface area is 123 Å². The molecule has 0 aliphatic carbocycles. The van der Waals surface area contributed by atoms with Crippen molar-refractivity contribution in [2.45, 2.75) is 6.42 Å². The van der Waals surface area contributed by atoms with Crippen LogP contribution in [0.2, 0.25) is 0 Å². The predicted octanol–water partition coefficient (Wildman–Crippen LogP) is 0.920. The van der Waals surface area contributed by atoms with Gasteiger partial charge >= 0.3 is 0 Å². The molecule has 116 valence electrons. The number of carbonyl (C=O) groups is 1. The molecule has 0 radical (unpaired) electrons. The summed E-state index contributed by atoms with van der Waals surface area (Å²) in [6.07, 6.45) is 0.279. The lowest BCUT2D eigenvalue weighted by molar-refractivity contribution is 0.0697. The average molecular weight is 295 g/mol. The summed E-state index contributed by atoms with van der Waals surface area (Å²) < 4.78 is 10.2. The number of amides is 1. The van der Waals surface area contributed by atoms with E-state index in [2.05, 4.69) is 5.16 Å². The van der Waals surface area contributed by atoms with Gasteiger partial charge in [-0.25, -0.2) is 0 Å². The Morgan fingerprint density at radius 1 is 1.33 bits per heavy atom. The molecule has 3 N–H and O–H groups in total. The number of para-hydroxylation sites is 1. The third-order valence-electron chi connectivity index (χ3n) is 2.96. The molecule has 21 heavy (non-hydrogen) atoms. The van der Waals surface area contributed by atoms with Gasteiger partial charge in [-0.15, -0.1) is 0 Å². The highest BCUT2D eigenvalue weighted by molar-refractivity contribution is 5.97. The number of amidine groups is 1. The number of oxime groups is 1. The third kappa shape index (κ3) is 4.96. The highest BCUT2D eigenvalue weighted by Crippen LogP contribution is 2.19. The van der Waals surface area contributed by atoms with Gasteiger partial charge in [-0.3, -0.25) is 4.79 Å². The van der Waals surface area contributed by atoms with Gasteiger partial charge in [-0.05, 0) is 12.1 Å². The molecule has 1 rings (SSSR count). The standard InChI is InChI=1S/C14H21N3O4/c1-20-10-9-17(8-7-13(15)16-19)14(18)11-5-3-4-6-12(11)21-2/h3-6,19H,7-10H2,1-2H3,(H2,15,16). The van der Waals surface area contributed by atoms with Crippen LogP contribution in [0, 0.1) is 0 Å². The highest BCUT2D eigenvalue weighted by atomic mass is 16.5. The topological polar surface area (TPSA) is 97.4 Å². The lowest BCUT2D eigenvalue weighted by atomic mass is 10.1. The molecule has 0 saturated heterocycles. The van der Waals surface area contributed by atoms with Crippen LogP contribution in [0.15, 0.2) is 29.4 Å². The van der Waals surface area contributed by atoms with Gasteiger partial charge in [0, 0.05) is 26.6 Å². The van der Waals surface area contributed by atoms with Crippen molar-refractivity contribution < 1.29 is 19.5 Å². The minimum Gasteiger partial charge on any atom is -0.496 e. The zero-order valence-electron chi connectivity index (χ0n) is 12.3. The number of benzene rings is 1. The summed E-state index contributed by atoms with van der Waals surface area (Å²) in [6, 6.07) is 7.00. The molecule has 0 aromatic heterocycles. The summed E-state index contributed by atoms with van der Waals surface area (Å²) in [5, 5.41) is 11.5. The zero-order valence-corrected chi connectivity index (χ0v) is 12.3. The number of ether oxygens (including phenoxy) is 2. The molecule has 0 unspecified atom stereocenters. The number of methoxy groups -OCH3 is 2. The van der Waals surface area contributed by atoms with Crippen molar-refractivity contribution in [3.8, 4) is 5.75 Å². The van der Waals surface area contributed by atoms with E-state index in [1.54, 1.807) is 36.3 Å². The zero-order chi connectivity index (χ0) is 15.7. The van der Waals surface area contributed by atoms with E-state index in [0.29, 0.717) is 31.0 Å². The molecule has 1 aromatic carbocycles. The van der Waals surface area contributed by atoms with E-state index in [9.17, 15) is 4.79 Å². The van der Waals surface area contributed by atoms with Crippen molar-refractivity contribution in [3.63, 3.8) is 0 Å². The molecular weight excluding hydrogens is 274 g/mol. The summed E-state index contributed by atoms with van der Waals surface area (Å²) >= 11 is 0. The molecule has 1 aromatic rings. The molecule has 0 saturated carbocycles. The van der Waals surface area contributed by atoms with Gasteiger partial charge in [0.2, 0.25) is 0 Å². The van der Waals surface area contributed by atoms with Crippen LogP contribution in [0.25, 0.3) is 0 Å². The minimum absolute atomic E-state index is 0.0743. The summed E-state index contributed by atoms with van der Waals surface area (Å²) in [7, 11) is 3.08. The second-order valence-electron chi connectivity index (χ2n) is 4.33. The number of carbonyl (C=O) groups excluding carboxylic acids is 1. The fourth-order valence-corrected chi connectivity index (χ4v) is 1.81. The van der Waals surface area contributed by atoms with Crippen LogP contribution in [0.3, 0.4) is 0 Å². The van der Waals surface area contributed by atoms with Crippen LogP contribution in [0.5, 0.6) is 5.75 Å². The van der Waals surface area contributed by atoms with Gasteiger partial charge in [0.25, 0.3) is 5.91 Å². The Hall–Kier alpha value is -2.28. The Bertz CT molecular complexity index is 491. The number of hydrogen-bond donors (Lipinski definition) is 2. The molecule has 0 atom stereocenters. The quantitative estimate of drug-likeness (QED) is 0.322. The second kappa shape index (κ2) is 8.80. The first-order valence-corrected chi connectivity index (χ1v) is 6.51. The van der Waals surface area contributed by atoms with Gasteiger partial charge in [0.05, 0.1) is 19.3 Å². The molecule has 0 bridgehead atoms. The largest absolute Gasteiger partial charge is 0.496 e. The van der Waals surface area contributed by atoms with E-state index in [4.69, 9.17) is 20.4 Å². The van der Waals surface area contributed by atoms with Crippen LogP contribution < -0.4 is 10.5 Å². The maximum absolute atomic E-state index is 12.6. The molecule has 0 heterocycles. The third-order valence-corrected chi connectivity index (χ3v) is 2.96. The van der Waals surface area contributed by atoms with Crippen LogP contribution in [-0.4, -0.2) is 55.8 Å². The monoisotopic (exact) mass is 295 g/mol. The number of nitrogens with zero attached hydrogens (tertiary/aromatic N) is 2. The van der Waals surface area contributed by atoms with Crippen LogP contribution in [-0.2, 0) is 4.74 Å². The van der Waals surface area contributed by atoms with E-state index in [1.165, 1.54) is 7.11 Å². The fraction of sp³-hybridized carbons (Fsp3) is 0.429. The van der Waals surface area contributed by atoms with E-state index in [-0.39, 0.29) is 18.2 Å². The molecule has 0 fully saturated rings. The smallest absolute Gasteiger partial charge is 0.257 e. The van der Waals surface area contributed by atoms with Gasteiger partial charge < -0.3 is 25.3 Å². The maximum atomic E-state index is 12.6. The molecular formula is C14H21N3O4. The molecule has 0 spiro atoms. The van der Waals surface area contributed by atoms with Crippen molar-refractivity contribution in [1.29, 1.82) is 0 Å². The number of rotatable bonds is 8. The number of hydrogen-bond acceptors (Lipinski definition) is 5. The predicted molar refractivity (Wildman–Crippen MR) is 78.8 cm³/mol. The summed E-state index contributed by atoms with van der Waals surface area (Å²) in [5.41, 5.74) is 5.92. The Balaban J connectivity index is 2.87. The second-order valence-corrected chi connectivity index (χ2v) is 4.33. The van der Waals surface area contributed by atoms with Crippen molar-refractivity contribution in [1.82, 2.24) is 4.90 Å². The first-order valence-electron chi connectivity index (χ1n) is 6.51. The van der Waals surface area contributed by atoms with Gasteiger partial charge in [0.1, 0.15) is 11.6 Å². The Morgan fingerprint density at radius 3 is 2.67 bits per heavy atom. The SMILES string of the molecule is COCCN(CCC(N)=NO)C(=O)c1ccccc1OC. The van der Waals surface area contributed by atoms with Crippen LogP contribution in [0.4, 0.5) is 0 Å². The summed E-state index contributed by atoms with van der Waals surface area (Å²) in [4.78, 5) is 14.2.